The highest BCUT2D eigenvalue weighted by molar-refractivity contribution is 7.92. The number of methoxy groups -OCH3 is 2. The molecular formula is C23H22N2O6S. The lowest BCUT2D eigenvalue weighted by atomic mass is 10.1. The zero-order valence-electron chi connectivity index (χ0n) is 17.7. The smallest absolute Gasteiger partial charge is 0.337 e. The van der Waals surface area contributed by atoms with Crippen LogP contribution >= 0.6 is 0 Å². The lowest BCUT2D eigenvalue weighted by Gasteiger charge is -2.14. The van der Waals surface area contributed by atoms with E-state index in [9.17, 15) is 18.0 Å². The van der Waals surface area contributed by atoms with E-state index >= 15 is 0 Å². The summed E-state index contributed by atoms with van der Waals surface area (Å²) in [6.07, 6.45) is 0. The van der Waals surface area contributed by atoms with Crippen LogP contribution < -0.4 is 14.8 Å². The summed E-state index contributed by atoms with van der Waals surface area (Å²) in [5.74, 6) is -0.693. The highest BCUT2D eigenvalue weighted by atomic mass is 32.2. The van der Waals surface area contributed by atoms with Gasteiger partial charge >= 0.3 is 5.97 Å². The standard InChI is InChI=1S/C23H22N2O6S/c1-15-11-12-16(22(26)24-18-8-6-7-17(13-18)23(27)31-3)14-21(15)32(28,29)25-19-9-4-5-10-20(19)30-2/h4-14,25H,1-3H3,(H,24,26). The molecular weight excluding hydrogens is 432 g/mol. The van der Waals surface area contributed by atoms with E-state index in [1.165, 1.54) is 32.4 Å². The van der Waals surface area contributed by atoms with E-state index in [0.29, 0.717) is 17.0 Å². The first-order valence-corrected chi connectivity index (χ1v) is 11.0. The van der Waals surface area contributed by atoms with E-state index < -0.39 is 21.9 Å². The van der Waals surface area contributed by atoms with Gasteiger partial charge in [0, 0.05) is 11.3 Å². The number of amides is 1. The maximum Gasteiger partial charge on any atom is 0.337 e. The van der Waals surface area contributed by atoms with Gasteiger partial charge in [0.15, 0.2) is 0 Å². The SMILES string of the molecule is COC(=O)c1cccc(NC(=O)c2ccc(C)c(S(=O)(=O)Nc3ccccc3OC)c2)c1. The molecule has 0 unspecified atom stereocenters. The van der Waals surface area contributed by atoms with Gasteiger partial charge in [-0.05, 0) is 55.0 Å². The molecule has 0 aliphatic rings. The van der Waals surface area contributed by atoms with E-state index in [0.717, 1.165) is 0 Å². The molecule has 0 aromatic heterocycles. The number of carbonyl (C=O) groups is 2. The Bertz CT molecular complexity index is 1270. The molecule has 0 aliphatic carbocycles. The van der Waals surface area contributed by atoms with Gasteiger partial charge in [-0.15, -0.1) is 0 Å². The fourth-order valence-electron chi connectivity index (χ4n) is 3.00. The molecule has 2 N–H and O–H groups in total. The summed E-state index contributed by atoms with van der Waals surface area (Å²) >= 11 is 0. The van der Waals surface area contributed by atoms with Gasteiger partial charge in [-0.2, -0.15) is 0 Å². The first-order chi connectivity index (χ1) is 15.2. The van der Waals surface area contributed by atoms with Gasteiger partial charge < -0.3 is 14.8 Å². The van der Waals surface area contributed by atoms with Crippen LogP contribution in [0.15, 0.2) is 71.6 Å². The Morgan fingerprint density at radius 3 is 2.34 bits per heavy atom. The lowest BCUT2D eigenvalue weighted by molar-refractivity contribution is 0.0600. The third-order valence-corrected chi connectivity index (χ3v) is 6.14. The van der Waals surface area contributed by atoms with E-state index in [1.807, 2.05) is 0 Å². The number of hydrogen-bond acceptors (Lipinski definition) is 6. The zero-order chi connectivity index (χ0) is 23.3. The fraction of sp³-hybridized carbons (Fsp3) is 0.130. The molecule has 0 bridgehead atoms. The van der Waals surface area contributed by atoms with Crippen molar-refractivity contribution in [2.75, 3.05) is 24.3 Å². The number of nitrogens with one attached hydrogen (secondary N) is 2. The van der Waals surface area contributed by atoms with E-state index in [1.54, 1.807) is 55.5 Å². The molecule has 3 aromatic carbocycles. The Labute approximate surface area is 186 Å². The number of hydrogen-bond donors (Lipinski definition) is 2. The monoisotopic (exact) mass is 454 g/mol. The molecule has 0 saturated carbocycles. The maximum atomic E-state index is 13.0. The molecule has 166 valence electrons. The van der Waals surface area contributed by atoms with Crippen LogP contribution in [0.1, 0.15) is 26.3 Å². The van der Waals surface area contributed by atoms with Gasteiger partial charge in [-0.3, -0.25) is 9.52 Å². The highest BCUT2D eigenvalue weighted by Gasteiger charge is 2.21. The topological polar surface area (TPSA) is 111 Å². The molecule has 32 heavy (non-hydrogen) atoms. The van der Waals surface area contributed by atoms with Crippen LogP contribution in [0.25, 0.3) is 0 Å². The lowest BCUT2D eigenvalue weighted by Crippen LogP contribution is -2.17. The molecule has 8 nitrogen and oxygen atoms in total. The van der Waals surface area contributed by atoms with Crippen molar-refractivity contribution in [3.63, 3.8) is 0 Å². The van der Waals surface area contributed by atoms with Crippen LogP contribution in [0.5, 0.6) is 5.75 Å². The van der Waals surface area contributed by atoms with Crippen molar-refractivity contribution in [1.82, 2.24) is 0 Å². The molecule has 0 saturated heterocycles. The third kappa shape index (κ3) is 5.06. The Morgan fingerprint density at radius 2 is 1.62 bits per heavy atom. The van der Waals surface area contributed by atoms with Gasteiger partial charge in [-0.25, -0.2) is 13.2 Å². The molecule has 0 fully saturated rings. The largest absolute Gasteiger partial charge is 0.495 e. The number of carbonyl (C=O) groups excluding carboxylic acids is 2. The summed E-state index contributed by atoms with van der Waals surface area (Å²) in [5.41, 5.74) is 1.54. The quantitative estimate of drug-likeness (QED) is 0.525. The van der Waals surface area contributed by atoms with Crippen LogP contribution in [0.4, 0.5) is 11.4 Å². The summed E-state index contributed by atoms with van der Waals surface area (Å²) in [4.78, 5) is 24.4. The van der Waals surface area contributed by atoms with Crippen molar-refractivity contribution in [2.24, 2.45) is 0 Å². The number of anilines is 2. The van der Waals surface area contributed by atoms with Gasteiger partial charge in [0.25, 0.3) is 15.9 Å². The second-order valence-corrected chi connectivity index (χ2v) is 8.46. The van der Waals surface area contributed by atoms with E-state index in [2.05, 4.69) is 14.8 Å². The Balaban J connectivity index is 1.88. The molecule has 0 aliphatic heterocycles. The molecule has 0 heterocycles. The van der Waals surface area contributed by atoms with Crippen LogP contribution in [-0.4, -0.2) is 34.5 Å². The molecule has 0 spiro atoms. The molecule has 3 rings (SSSR count). The van der Waals surface area contributed by atoms with Crippen molar-refractivity contribution in [3.8, 4) is 5.75 Å². The minimum absolute atomic E-state index is 0.0423. The number of para-hydroxylation sites is 2. The number of esters is 1. The predicted octanol–water partition coefficient (Wildman–Crippen LogP) is 3.84. The summed E-state index contributed by atoms with van der Waals surface area (Å²) < 4.78 is 38.4. The number of ether oxygens (including phenoxy) is 2. The van der Waals surface area contributed by atoms with E-state index in [4.69, 9.17) is 4.74 Å². The van der Waals surface area contributed by atoms with Crippen molar-refractivity contribution in [1.29, 1.82) is 0 Å². The average molecular weight is 455 g/mol. The Hall–Kier alpha value is -3.85. The average Bonchev–Trinajstić information content (AvgIpc) is 2.79. The summed E-state index contributed by atoms with van der Waals surface area (Å²) in [5, 5.41) is 2.66. The van der Waals surface area contributed by atoms with Gasteiger partial charge in [-0.1, -0.05) is 24.3 Å². The summed E-state index contributed by atoms with van der Waals surface area (Å²) in [6.45, 7) is 1.64. The van der Waals surface area contributed by atoms with Gasteiger partial charge in [0.1, 0.15) is 5.75 Å². The first-order valence-electron chi connectivity index (χ1n) is 9.51. The number of aryl methyl sites for hydroxylation is 1. The predicted molar refractivity (Wildman–Crippen MR) is 121 cm³/mol. The number of sulfonamides is 1. The molecule has 1 amide bonds. The zero-order valence-corrected chi connectivity index (χ0v) is 18.5. The first kappa shape index (κ1) is 22.8. The Kier molecular flexibility index (Phi) is 6.79. The van der Waals surface area contributed by atoms with Crippen LogP contribution in [0.3, 0.4) is 0 Å². The minimum atomic E-state index is -4.00. The fourth-order valence-corrected chi connectivity index (χ4v) is 4.35. The van der Waals surface area contributed by atoms with Crippen LogP contribution in [0, 0.1) is 6.92 Å². The highest BCUT2D eigenvalue weighted by Crippen LogP contribution is 2.27. The minimum Gasteiger partial charge on any atom is -0.495 e. The molecule has 0 atom stereocenters. The molecule has 0 radical (unpaired) electrons. The molecule has 9 heteroatoms. The third-order valence-electron chi connectivity index (χ3n) is 4.63. The van der Waals surface area contributed by atoms with Gasteiger partial charge in [0.2, 0.25) is 0 Å². The maximum absolute atomic E-state index is 13.0. The van der Waals surface area contributed by atoms with Crippen LogP contribution in [-0.2, 0) is 14.8 Å². The van der Waals surface area contributed by atoms with Crippen molar-refractivity contribution in [3.05, 3.63) is 83.4 Å². The van der Waals surface area contributed by atoms with Crippen molar-refractivity contribution >= 4 is 33.3 Å². The van der Waals surface area contributed by atoms with E-state index in [-0.39, 0.29) is 21.7 Å². The summed E-state index contributed by atoms with van der Waals surface area (Å²) in [7, 11) is -1.29. The van der Waals surface area contributed by atoms with Gasteiger partial charge in [0.05, 0.1) is 30.4 Å². The second kappa shape index (κ2) is 9.52. The number of benzene rings is 3. The Morgan fingerprint density at radius 1 is 0.875 bits per heavy atom. The molecule has 3 aromatic rings. The van der Waals surface area contributed by atoms with Crippen LogP contribution in [0.2, 0.25) is 0 Å². The summed E-state index contributed by atoms with van der Waals surface area (Å²) in [6, 6.07) is 17.2. The van der Waals surface area contributed by atoms with Crippen molar-refractivity contribution in [2.45, 2.75) is 11.8 Å². The normalized spacial score (nSPS) is 10.8. The number of rotatable bonds is 7. The second-order valence-electron chi connectivity index (χ2n) is 6.81. The van der Waals surface area contributed by atoms with Crippen molar-refractivity contribution < 1.29 is 27.5 Å².